The Hall–Kier alpha value is -4.00. The molecule has 0 aliphatic rings. The zero-order chi connectivity index (χ0) is 24.4. The number of nitrogens with zero attached hydrogens (tertiary/aromatic N) is 3. The van der Waals surface area contributed by atoms with Crippen LogP contribution >= 0.6 is 0 Å². The van der Waals surface area contributed by atoms with Crippen molar-refractivity contribution < 1.29 is 4.79 Å². The third-order valence-electron chi connectivity index (χ3n) is 5.90. The van der Waals surface area contributed by atoms with Gasteiger partial charge in [0.05, 0.1) is 5.69 Å². The van der Waals surface area contributed by atoms with Crippen molar-refractivity contribution in [3.05, 3.63) is 82.4 Å². The third-order valence-corrected chi connectivity index (χ3v) is 5.90. The number of aromatic amines is 1. The number of urea groups is 1. The van der Waals surface area contributed by atoms with Crippen LogP contribution in [0.15, 0.2) is 65.7 Å². The Morgan fingerprint density at radius 2 is 1.62 bits per heavy atom. The highest BCUT2D eigenvalue weighted by Crippen LogP contribution is 2.37. The Morgan fingerprint density at radius 3 is 2.24 bits per heavy atom. The highest BCUT2D eigenvalue weighted by molar-refractivity contribution is 6.03. The summed E-state index contributed by atoms with van der Waals surface area (Å²) < 4.78 is 0. The van der Waals surface area contributed by atoms with Gasteiger partial charge in [-0.25, -0.2) is 9.78 Å². The molecule has 174 valence electrons. The summed E-state index contributed by atoms with van der Waals surface area (Å²) in [5, 5.41) is 3.84. The monoisotopic (exact) mass is 455 g/mol. The van der Waals surface area contributed by atoms with Gasteiger partial charge in [-0.3, -0.25) is 14.7 Å². The van der Waals surface area contributed by atoms with E-state index in [0.29, 0.717) is 5.65 Å². The molecule has 34 heavy (non-hydrogen) atoms. The number of nitrogens with one attached hydrogen (secondary N) is 2. The quantitative estimate of drug-likeness (QED) is 0.392. The molecule has 0 saturated heterocycles. The number of pyridine rings is 3. The first-order valence-corrected chi connectivity index (χ1v) is 11.4. The van der Waals surface area contributed by atoms with E-state index >= 15 is 0 Å². The van der Waals surface area contributed by atoms with Gasteiger partial charge in [0.25, 0.3) is 5.56 Å². The molecule has 0 spiro atoms. The normalized spacial score (nSPS) is 11.3. The number of hydrogen-bond acceptors (Lipinski definition) is 4. The summed E-state index contributed by atoms with van der Waals surface area (Å²) in [7, 11) is 1.59. The fraction of sp³-hybridized carbons (Fsp3) is 0.259. The van der Waals surface area contributed by atoms with Gasteiger partial charge in [-0.05, 0) is 65.4 Å². The van der Waals surface area contributed by atoms with E-state index in [1.54, 1.807) is 31.6 Å². The minimum atomic E-state index is -0.386. The molecule has 0 aliphatic heterocycles. The average molecular weight is 456 g/mol. The van der Waals surface area contributed by atoms with Gasteiger partial charge in [0, 0.05) is 36.1 Å². The number of aromatic nitrogens is 3. The minimum absolute atomic E-state index is 0.164. The Morgan fingerprint density at radius 1 is 0.941 bits per heavy atom. The van der Waals surface area contributed by atoms with Crippen LogP contribution in [0, 0.1) is 0 Å². The molecule has 0 radical (unpaired) electrons. The Labute approximate surface area is 198 Å². The first-order chi connectivity index (χ1) is 16.3. The highest BCUT2D eigenvalue weighted by atomic mass is 16.2. The molecule has 1 aromatic carbocycles. The molecule has 0 aliphatic carbocycles. The van der Waals surface area contributed by atoms with Crippen LogP contribution in [0.5, 0.6) is 0 Å². The van der Waals surface area contributed by atoms with E-state index in [2.05, 4.69) is 60.1 Å². The third kappa shape index (κ3) is 4.55. The predicted octanol–water partition coefficient (Wildman–Crippen LogP) is 5.90. The fourth-order valence-corrected chi connectivity index (χ4v) is 4.00. The number of fused-ring (bicyclic) bond motifs is 1. The van der Waals surface area contributed by atoms with E-state index in [1.807, 2.05) is 24.3 Å². The SMILES string of the molecule is CC(C)c1cc(-c2ccccn2)cc(C(C)C)c1NC(=O)N(C)c1cc2cccnc2[nH]c1=O. The minimum Gasteiger partial charge on any atom is -0.307 e. The summed E-state index contributed by atoms with van der Waals surface area (Å²) in [6, 6.07) is 14.9. The second-order valence-corrected chi connectivity index (χ2v) is 8.97. The first kappa shape index (κ1) is 23.2. The molecule has 0 bridgehead atoms. The summed E-state index contributed by atoms with van der Waals surface area (Å²) in [5.74, 6) is 0.328. The Kier molecular flexibility index (Phi) is 6.45. The summed E-state index contributed by atoms with van der Waals surface area (Å²) in [6.45, 7) is 8.40. The maximum atomic E-state index is 13.3. The van der Waals surface area contributed by atoms with E-state index in [1.165, 1.54) is 4.90 Å². The van der Waals surface area contributed by atoms with Crippen LogP contribution in [0.4, 0.5) is 16.2 Å². The zero-order valence-electron chi connectivity index (χ0n) is 20.1. The first-order valence-electron chi connectivity index (χ1n) is 11.4. The molecule has 2 N–H and O–H groups in total. The van der Waals surface area contributed by atoms with Gasteiger partial charge in [-0.1, -0.05) is 33.8 Å². The second kappa shape index (κ2) is 9.47. The number of carbonyl (C=O) groups excluding carboxylic acids is 1. The zero-order valence-corrected chi connectivity index (χ0v) is 20.1. The lowest BCUT2D eigenvalue weighted by Gasteiger charge is -2.24. The smallest absolute Gasteiger partial charge is 0.307 e. The second-order valence-electron chi connectivity index (χ2n) is 8.97. The van der Waals surface area contributed by atoms with Gasteiger partial charge >= 0.3 is 6.03 Å². The van der Waals surface area contributed by atoms with E-state index in [9.17, 15) is 9.59 Å². The molecule has 3 aromatic heterocycles. The average Bonchev–Trinajstić information content (AvgIpc) is 2.83. The summed E-state index contributed by atoms with van der Waals surface area (Å²) >= 11 is 0. The van der Waals surface area contributed by atoms with Crippen molar-refractivity contribution in [2.45, 2.75) is 39.5 Å². The molecular formula is C27H29N5O2. The topological polar surface area (TPSA) is 91.0 Å². The number of H-pyrrole nitrogens is 1. The number of carbonyl (C=O) groups is 1. The van der Waals surface area contributed by atoms with Crippen molar-refractivity contribution in [3.63, 3.8) is 0 Å². The standard InChI is InChI=1S/C27H29N5O2/c1-16(2)20-13-19(22-10-6-7-11-28-22)14-21(17(3)4)24(20)30-27(34)32(5)23-15-18-9-8-12-29-25(18)31-26(23)33/h6-17H,1-5H3,(H,30,34)(H,29,31,33). The van der Waals surface area contributed by atoms with E-state index in [-0.39, 0.29) is 29.1 Å². The van der Waals surface area contributed by atoms with Crippen molar-refractivity contribution >= 4 is 28.4 Å². The molecule has 7 heteroatoms. The number of benzene rings is 1. The lowest BCUT2D eigenvalue weighted by molar-refractivity contribution is 0.258. The molecule has 3 heterocycles. The maximum Gasteiger partial charge on any atom is 0.326 e. The van der Waals surface area contributed by atoms with Crippen LogP contribution in [0.3, 0.4) is 0 Å². The molecule has 2 amide bonds. The van der Waals surface area contributed by atoms with Crippen molar-refractivity contribution in [3.8, 4) is 11.3 Å². The van der Waals surface area contributed by atoms with Crippen molar-refractivity contribution in [2.75, 3.05) is 17.3 Å². The lowest BCUT2D eigenvalue weighted by atomic mass is 9.89. The molecule has 4 rings (SSSR count). The largest absolute Gasteiger partial charge is 0.326 e. The summed E-state index contributed by atoms with van der Waals surface area (Å²) in [5.41, 5.74) is 5.08. The molecule has 7 nitrogen and oxygen atoms in total. The van der Waals surface area contributed by atoms with Gasteiger partial charge in [-0.15, -0.1) is 0 Å². The van der Waals surface area contributed by atoms with Crippen LogP contribution in [-0.2, 0) is 0 Å². The van der Waals surface area contributed by atoms with Gasteiger partial charge < -0.3 is 10.3 Å². The molecule has 0 unspecified atom stereocenters. The molecular weight excluding hydrogens is 426 g/mol. The van der Waals surface area contributed by atoms with Gasteiger partial charge in [0.2, 0.25) is 0 Å². The number of rotatable bonds is 5. The van der Waals surface area contributed by atoms with Crippen LogP contribution in [-0.4, -0.2) is 28.0 Å². The van der Waals surface area contributed by atoms with Crippen LogP contribution < -0.4 is 15.8 Å². The summed E-state index contributed by atoms with van der Waals surface area (Å²) in [4.78, 5) is 38.8. The molecule has 0 atom stereocenters. The summed E-state index contributed by atoms with van der Waals surface area (Å²) in [6.07, 6.45) is 3.39. The van der Waals surface area contributed by atoms with Crippen LogP contribution in [0.2, 0.25) is 0 Å². The number of anilines is 2. The van der Waals surface area contributed by atoms with Gasteiger partial charge in [0.1, 0.15) is 11.3 Å². The number of amides is 2. The van der Waals surface area contributed by atoms with Crippen molar-refractivity contribution in [1.29, 1.82) is 0 Å². The Bertz CT molecular complexity index is 1360. The molecule has 4 aromatic rings. The molecule has 0 fully saturated rings. The van der Waals surface area contributed by atoms with E-state index in [4.69, 9.17) is 0 Å². The number of hydrogen-bond donors (Lipinski definition) is 2. The lowest BCUT2D eigenvalue weighted by Crippen LogP contribution is -2.35. The van der Waals surface area contributed by atoms with Crippen LogP contribution in [0.1, 0.15) is 50.7 Å². The van der Waals surface area contributed by atoms with Crippen molar-refractivity contribution in [2.24, 2.45) is 0 Å². The highest BCUT2D eigenvalue weighted by Gasteiger charge is 2.22. The van der Waals surface area contributed by atoms with E-state index in [0.717, 1.165) is 33.5 Å². The molecule has 0 saturated carbocycles. The fourth-order valence-electron chi connectivity index (χ4n) is 4.00. The van der Waals surface area contributed by atoms with Crippen molar-refractivity contribution in [1.82, 2.24) is 15.0 Å². The maximum absolute atomic E-state index is 13.3. The van der Waals surface area contributed by atoms with Crippen LogP contribution in [0.25, 0.3) is 22.3 Å². The Balaban J connectivity index is 1.75. The van der Waals surface area contributed by atoms with E-state index < -0.39 is 0 Å². The van der Waals surface area contributed by atoms with Gasteiger partial charge in [-0.2, -0.15) is 0 Å². The van der Waals surface area contributed by atoms with Gasteiger partial charge in [0.15, 0.2) is 0 Å². The predicted molar refractivity (Wildman–Crippen MR) is 138 cm³/mol.